The zero-order valence-corrected chi connectivity index (χ0v) is 15.8. The van der Waals surface area contributed by atoms with Gasteiger partial charge in [0.1, 0.15) is 0 Å². The van der Waals surface area contributed by atoms with E-state index in [1.54, 1.807) is 6.20 Å². The zero-order valence-electron chi connectivity index (χ0n) is 15.8. The van der Waals surface area contributed by atoms with E-state index in [4.69, 9.17) is 0 Å². The number of aryl methyl sites for hydroxylation is 1. The van der Waals surface area contributed by atoms with E-state index < -0.39 is 0 Å². The van der Waals surface area contributed by atoms with Crippen molar-refractivity contribution in [2.75, 3.05) is 38.1 Å². The maximum absolute atomic E-state index is 12.9. The third-order valence-electron chi connectivity index (χ3n) is 5.78. The lowest BCUT2D eigenvalue weighted by Crippen LogP contribution is -2.64. The first kappa shape index (κ1) is 17.7. The van der Waals surface area contributed by atoms with Gasteiger partial charge in [0.05, 0.1) is 17.6 Å². The van der Waals surface area contributed by atoms with E-state index in [0.29, 0.717) is 31.7 Å². The first-order chi connectivity index (χ1) is 13.0. The number of para-hydroxylation sites is 1. The van der Waals surface area contributed by atoms with Crippen LogP contribution in [0.1, 0.15) is 22.5 Å². The Kier molecular flexibility index (Phi) is 4.44. The maximum Gasteiger partial charge on any atom is 0.255 e. The van der Waals surface area contributed by atoms with Crippen LogP contribution in [0.25, 0.3) is 0 Å². The van der Waals surface area contributed by atoms with Crippen LogP contribution in [0.15, 0.2) is 48.7 Å². The van der Waals surface area contributed by atoms with Gasteiger partial charge in [-0.2, -0.15) is 0 Å². The van der Waals surface area contributed by atoms with Gasteiger partial charge in [0.2, 0.25) is 5.91 Å². The third kappa shape index (κ3) is 3.21. The molecule has 2 fully saturated rings. The van der Waals surface area contributed by atoms with Crippen molar-refractivity contribution in [3.8, 4) is 0 Å². The molecule has 0 aliphatic carbocycles. The number of amides is 2. The van der Waals surface area contributed by atoms with Crippen molar-refractivity contribution < 1.29 is 9.59 Å². The Bertz CT molecular complexity index is 852. The molecule has 0 saturated carbocycles. The minimum absolute atomic E-state index is 0.0101. The van der Waals surface area contributed by atoms with Gasteiger partial charge in [-0.25, -0.2) is 0 Å². The summed E-state index contributed by atoms with van der Waals surface area (Å²) in [7, 11) is 1.99. The standard InChI is InChI=1S/C21H24N4O2/c1-16-8-9-17(12-22-16)20(27)24-11-10-21(14-24)15-25(19(26)13-23(21)2)18-6-4-3-5-7-18/h3-9,12H,10-11,13-15H2,1-2H3. The number of rotatable bonds is 2. The number of carbonyl (C=O) groups is 2. The summed E-state index contributed by atoms with van der Waals surface area (Å²) in [5.41, 5.74) is 2.22. The van der Waals surface area contributed by atoms with E-state index in [1.807, 2.05) is 66.2 Å². The predicted molar refractivity (Wildman–Crippen MR) is 104 cm³/mol. The molecule has 2 aromatic rings. The molecule has 1 atom stereocenters. The summed E-state index contributed by atoms with van der Waals surface area (Å²) >= 11 is 0. The lowest BCUT2D eigenvalue weighted by Gasteiger charge is -2.46. The summed E-state index contributed by atoms with van der Waals surface area (Å²) in [6.07, 6.45) is 2.50. The highest BCUT2D eigenvalue weighted by molar-refractivity contribution is 5.96. The number of nitrogens with zero attached hydrogens (tertiary/aromatic N) is 4. The van der Waals surface area contributed by atoms with Crippen LogP contribution in [-0.4, -0.2) is 65.4 Å². The van der Waals surface area contributed by atoms with Crippen LogP contribution in [0.3, 0.4) is 0 Å². The minimum atomic E-state index is -0.211. The van der Waals surface area contributed by atoms with Crippen molar-refractivity contribution >= 4 is 17.5 Å². The molecule has 140 valence electrons. The van der Waals surface area contributed by atoms with Crippen molar-refractivity contribution in [3.63, 3.8) is 0 Å². The number of likely N-dealkylation sites (N-methyl/N-ethyl adjacent to an activating group) is 1. The van der Waals surface area contributed by atoms with Crippen molar-refractivity contribution in [3.05, 3.63) is 59.9 Å². The SMILES string of the molecule is Cc1ccc(C(=O)N2CCC3(C2)CN(c2ccccc2)C(=O)CN3C)cn1. The molecule has 0 bridgehead atoms. The average Bonchev–Trinajstić information content (AvgIpc) is 3.11. The quantitative estimate of drug-likeness (QED) is 0.817. The number of likely N-dealkylation sites (tertiary alicyclic amines) is 1. The second kappa shape index (κ2) is 6.78. The number of hydrogen-bond donors (Lipinski definition) is 0. The van der Waals surface area contributed by atoms with Gasteiger partial charge in [-0.15, -0.1) is 0 Å². The van der Waals surface area contributed by atoms with E-state index in [9.17, 15) is 9.59 Å². The second-order valence-electron chi connectivity index (χ2n) is 7.56. The van der Waals surface area contributed by atoms with Crippen LogP contribution in [0.5, 0.6) is 0 Å². The molecule has 0 N–H and O–H groups in total. The molecule has 3 heterocycles. The largest absolute Gasteiger partial charge is 0.337 e. The van der Waals surface area contributed by atoms with Crippen LogP contribution in [0.2, 0.25) is 0 Å². The molecule has 2 amide bonds. The topological polar surface area (TPSA) is 56.8 Å². The molecule has 1 spiro atoms. The predicted octanol–water partition coefficient (Wildman–Crippen LogP) is 1.95. The number of anilines is 1. The summed E-state index contributed by atoms with van der Waals surface area (Å²) in [6, 6.07) is 13.5. The monoisotopic (exact) mass is 364 g/mol. The molecular formula is C21H24N4O2. The number of benzene rings is 1. The number of piperazine rings is 1. The summed E-state index contributed by atoms with van der Waals surface area (Å²) in [4.78, 5) is 35.6. The van der Waals surface area contributed by atoms with Crippen LogP contribution >= 0.6 is 0 Å². The summed E-state index contributed by atoms with van der Waals surface area (Å²) in [5, 5.41) is 0. The first-order valence-corrected chi connectivity index (χ1v) is 9.27. The van der Waals surface area contributed by atoms with E-state index >= 15 is 0 Å². The molecule has 2 aliphatic rings. The van der Waals surface area contributed by atoms with Gasteiger partial charge in [-0.05, 0) is 44.7 Å². The number of hydrogen-bond acceptors (Lipinski definition) is 4. The third-order valence-corrected chi connectivity index (χ3v) is 5.78. The van der Waals surface area contributed by atoms with E-state index in [2.05, 4.69) is 9.88 Å². The van der Waals surface area contributed by atoms with Gasteiger partial charge in [0.25, 0.3) is 5.91 Å². The normalized spacial score (nSPS) is 23.3. The Hall–Kier alpha value is -2.73. The first-order valence-electron chi connectivity index (χ1n) is 9.27. The van der Waals surface area contributed by atoms with E-state index in [0.717, 1.165) is 17.8 Å². The van der Waals surface area contributed by atoms with E-state index in [-0.39, 0.29) is 17.4 Å². The molecular weight excluding hydrogens is 340 g/mol. The van der Waals surface area contributed by atoms with Gasteiger partial charge in [-0.3, -0.25) is 19.5 Å². The smallest absolute Gasteiger partial charge is 0.255 e. The molecule has 6 nitrogen and oxygen atoms in total. The lowest BCUT2D eigenvalue weighted by atomic mass is 9.92. The van der Waals surface area contributed by atoms with Crippen molar-refractivity contribution in [1.29, 1.82) is 0 Å². The molecule has 0 radical (unpaired) electrons. The Labute approximate surface area is 159 Å². The molecule has 1 aromatic heterocycles. The fraction of sp³-hybridized carbons (Fsp3) is 0.381. The van der Waals surface area contributed by atoms with Crippen molar-refractivity contribution in [1.82, 2.24) is 14.8 Å². The van der Waals surface area contributed by atoms with Gasteiger partial charge in [0, 0.05) is 37.2 Å². The molecule has 2 aliphatic heterocycles. The molecule has 6 heteroatoms. The molecule has 1 unspecified atom stereocenters. The fourth-order valence-corrected chi connectivity index (χ4v) is 4.05. The summed E-state index contributed by atoms with van der Waals surface area (Å²) in [6.45, 7) is 4.18. The highest BCUT2D eigenvalue weighted by Gasteiger charge is 2.48. The van der Waals surface area contributed by atoms with Crippen LogP contribution in [0, 0.1) is 6.92 Å². The molecule has 27 heavy (non-hydrogen) atoms. The van der Waals surface area contributed by atoms with Gasteiger partial charge in [0.15, 0.2) is 0 Å². The molecule has 2 saturated heterocycles. The Balaban J connectivity index is 1.55. The Morgan fingerprint density at radius 1 is 1.11 bits per heavy atom. The van der Waals surface area contributed by atoms with Crippen LogP contribution < -0.4 is 4.90 Å². The maximum atomic E-state index is 12.9. The van der Waals surface area contributed by atoms with Gasteiger partial charge >= 0.3 is 0 Å². The minimum Gasteiger partial charge on any atom is -0.337 e. The molecule has 4 rings (SSSR count). The van der Waals surface area contributed by atoms with Crippen LogP contribution in [0.4, 0.5) is 5.69 Å². The Morgan fingerprint density at radius 3 is 2.59 bits per heavy atom. The molecule has 1 aromatic carbocycles. The summed E-state index contributed by atoms with van der Waals surface area (Å²) < 4.78 is 0. The average molecular weight is 364 g/mol. The zero-order chi connectivity index (χ0) is 19.0. The van der Waals surface area contributed by atoms with Crippen molar-refractivity contribution in [2.24, 2.45) is 0 Å². The van der Waals surface area contributed by atoms with Crippen molar-refractivity contribution in [2.45, 2.75) is 18.9 Å². The fourth-order valence-electron chi connectivity index (χ4n) is 4.05. The highest BCUT2D eigenvalue weighted by Crippen LogP contribution is 2.33. The summed E-state index contributed by atoms with van der Waals surface area (Å²) in [5.74, 6) is 0.109. The number of aromatic nitrogens is 1. The van der Waals surface area contributed by atoms with Gasteiger partial charge in [-0.1, -0.05) is 18.2 Å². The number of carbonyl (C=O) groups excluding carboxylic acids is 2. The van der Waals surface area contributed by atoms with E-state index in [1.165, 1.54) is 0 Å². The Morgan fingerprint density at radius 2 is 1.89 bits per heavy atom. The van der Waals surface area contributed by atoms with Gasteiger partial charge < -0.3 is 9.80 Å². The highest BCUT2D eigenvalue weighted by atomic mass is 16.2. The lowest BCUT2D eigenvalue weighted by molar-refractivity contribution is -0.123. The second-order valence-corrected chi connectivity index (χ2v) is 7.56. The number of pyridine rings is 1. The van der Waals surface area contributed by atoms with Crippen LogP contribution in [-0.2, 0) is 4.79 Å².